The molecule has 1 aromatic heterocycles. The van der Waals surface area contributed by atoms with Gasteiger partial charge in [-0.2, -0.15) is 0 Å². The second-order valence-electron chi connectivity index (χ2n) is 4.79. The lowest BCUT2D eigenvalue weighted by Crippen LogP contribution is -2.05. The average Bonchev–Trinajstić information content (AvgIpc) is 2.46. The summed E-state index contributed by atoms with van der Waals surface area (Å²) in [6.45, 7) is 0. The van der Waals surface area contributed by atoms with Gasteiger partial charge in [0.05, 0.1) is 5.69 Å². The van der Waals surface area contributed by atoms with Gasteiger partial charge < -0.3 is 0 Å². The molecule has 1 heterocycles. The number of benzene rings is 1. The Bertz CT molecular complexity index is 555. The van der Waals surface area contributed by atoms with Crippen LogP contribution in [0, 0.1) is 0 Å². The van der Waals surface area contributed by atoms with Crippen molar-refractivity contribution in [3.63, 3.8) is 0 Å². The van der Waals surface area contributed by atoms with Crippen molar-refractivity contribution in [1.29, 1.82) is 0 Å². The molecule has 0 N–H and O–H groups in total. The number of pyridine rings is 1. The maximum Gasteiger partial charge on any atom is 0.0633 e. The highest BCUT2D eigenvalue weighted by Crippen LogP contribution is 2.20. The van der Waals surface area contributed by atoms with Crippen LogP contribution in [0.1, 0.15) is 35.4 Å². The third kappa shape index (κ3) is 2.51. The summed E-state index contributed by atoms with van der Waals surface area (Å²) in [5.41, 5.74) is 5.03. The quantitative estimate of drug-likeness (QED) is 0.762. The Kier molecular flexibility index (Phi) is 3.22. The Morgan fingerprint density at radius 1 is 0.833 bits per heavy atom. The van der Waals surface area contributed by atoms with Crippen LogP contribution >= 0.6 is 0 Å². The van der Waals surface area contributed by atoms with Crippen molar-refractivity contribution >= 4 is 12.2 Å². The summed E-state index contributed by atoms with van der Waals surface area (Å²) >= 11 is 0. The third-order valence-corrected chi connectivity index (χ3v) is 3.45. The fourth-order valence-electron chi connectivity index (χ4n) is 2.44. The van der Waals surface area contributed by atoms with Crippen molar-refractivity contribution in [2.75, 3.05) is 0 Å². The molecular formula is C17H17N. The Hall–Kier alpha value is -1.89. The van der Waals surface area contributed by atoms with Gasteiger partial charge in [-0.25, -0.2) is 0 Å². The fourth-order valence-corrected chi connectivity index (χ4v) is 2.44. The van der Waals surface area contributed by atoms with E-state index >= 15 is 0 Å². The van der Waals surface area contributed by atoms with Crippen LogP contribution in [0.5, 0.6) is 0 Å². The van der Waals surface area contributed by atoms with E-state index in [1.165, 1.54) is 36.1 Å². The minimum absolute atomic E-state index is 1.07. The number of hydrogen-bond acceptors (Lipinski definition) is 1. The first-order valence-corrected chi connectivity index (χ1v) is 6.64. The molecule has 18 heavy (non-hydrogen) atoms. The van der Waals surface area contributed by atoms with Gasteiger partial charge in [-0.15, -0.1) is 0 Å². The molecule has 0 unspecified atom stereocenters. The zero-order valence-corrected chi connectivity index (χ0v) is 10.5. The van der Waals surface area contributed by atoms with Crippen molar-refractivity contribution in [3.8, 4) is 0 Å². The molecule has 1 aliphatic carbocycles. The van der Waals surface area contributed by atoms with Crippen molar-refractivity contribution < 1.29 is 0 Å². The van der Waals surface area contributed by atoms with Crippen molar-refractivity contribution in [2.24, 2.45) is 0 Å². The molecule has 90 valence electrons. The summed E-state index contributed by atoms with van der Waals surface area (Å²) < 4.78 is 0. The number of hydrogen-bond donors (Lipinski definition) is 0. The van der Waals surface area contributed by atoms with Crippen LogP contribution in [0.4, 0.5) is 0 Å². The molecule has 0 spiro atoms. The van der Waals surface area contributed by atoms with Crippen LogP contribution in [0.15, 0.2) is 42.5 Å². The molecule has 0 saturated carbocycles. The van der Waals surface area contributed by atoms with E-state index in [1.54, 1.807) is 0 Å². The maximum absolute atomic E-state index is 4.74. The minimum atomic E-state index is 1.07. The molecule has 1 heteroatoms. The van der Waals surface area contributed by atoms with Gasteiger partial charge in [0.1, 0.15) is 0 Å². The molecule has 0 saturated heterocycles. The minimum Gasteiger partial charge on any atom is -0.253 e. The second kappa shape index (κ2) is 5.18. The highest BCUT2D eigenvalue weighted by atomic mass is 14.7. The van der Waals surface area contributed by atoms with Crippen molar-refractivity contribution in [1.82, 2.24) is 4.98 Å². The Balaban J connectivity index is 1.83. The first kappa shape index (κ1) is 11.2. The summed E-state index contributed by atoms with van der Waals surface area (Å²) in [4.78, 5) is 4.74. The van der Waals surface area contributed by atoms with E-state index < -0.39 is 0 Å². The molecule has 0 bridgehead atoms. The lowest BCUT2D eigenvalue weighted by Gasteiger charge is -2.14. The van der Waals surface area contributed by atoms with Crippen LogP contribution in [0.25, 0.3) is 12.2 Å². The normalized spacial score (nSPS) is 14.7. The zero-order chi connectivity index (χ0) is 12.2. The molecule has 0 aliphatic heterocycles. The van der Waals surface area contributed by atoms with E-state index in [0.717, 1.165) is 12.1 Å². The van der Waals surface area contributed by atoms with Gasteiger partial charge in [0.15, 0.2) is 0 Å². The van der Waals surface area contributed by atoms with Gasteiger partial charge >= 0.3 is 0 Å². The first-order chi connectivity index (χ1) is 8.92. The van der Waals surface area contributed by atoms with Crippen LogP contribution < -0.4 is 0 Å². The summed E-state index contributed by atoms with van der Waals surface area (Å²) in [6.07, 6.45) is 9.16. The van der Waals surface area contributed by atoms with E-state index in [0.29, 0.717) is 0 Å². The average molecular weight is 235 g/mol. The topological polar surface area (TPSA) is 12.9 Å². The molecule has 0 radical (unpaired) electrons. The van der Waals surface area contributed by atoms with Crippen LogP contribution in [-0.2, 0) is 12.8 Å². The highest BCUT2D eigenvalue weighted by Gasteiger charge is 2.09. The number of aromatic nitrogens is 1. The van der Waals surface area contributed by atoms with Crippen molar-refractivity contribution in [3.05, 3.63) is 65.0 Å². The lowest BCUT2D eigenvalue weighted by atomic mass is 9.96. The van der Waals surface area contributed by atoms with Gasteiger partial charge in [-0.05, 0) is 49.0 Å². The van der Waals surface area contributed by atoms with Crippen LogP contribution in [0.3, 0.4) is 0 Å². The largest absolute Gasteiger partial charge is 0.253 e. The molecule has 0 amide bonds. The van der Waals surface area contributed by atoms with E-state index in [-0.39, 0.29) is 0 Å². The summed E-state index contributed by atoms with van der Waals surface area (Å²) in [5.74, 6) is 0. The van der Waals surface area contributed by atoms with Crippen LogP contribution in [-0.4, -0.2) is 4.98 Å². The summed E-state index contributed by atoms with van der Waals surface area (Å²) in [7, 11) is 0. The predicted octanol–water partition coefficient (Wildman–Crippen LogP) is 4.13. The zero-order valence-electron chi connectivity index (χ0n) is 10.5. The van der Waals surface area contributed by atoms with E-state index in [2.05, 4.69) is 48.6 Å². The number of nitrogens with zero attached hydrogens (tertiary/aromatic N) is 1. The number of fused-ring (bicyclic) bond motifs is 1. The molecule has 1 aliphatic rings. The third-order valence-electron chi connectivity index (χ3n) is 3.45. The Morgan fingerprint density at radius 3 is 2.56 bits per heavy atom. The smallest absolute Gasteiger partial charge is 0.0633 e. The lowest BCUT2D eigenvalue weighted by molar-refractivity contribution is 0.667. The van der Waals surface area contributed by atoms with Gasteiger partial charge in [-0.1, -0.05) is 42.5 Å². The van der Waals surface area contributed by atoms with E-state index in [9.17, 15) is 0 Å². The van der Waals surface area contributed by atoms with E-state index in [4.69, 9.17) is 4.98 Å². The number of aryl methyl sites for hydroxylation is 2. The van der Waals surface area contributed by atoms with Gasteiger partial charge in [0.25, 0.3) is 0 Å². The van der Waals surface area contributed by atoms with Gasteiger partial charge in [0.2, 0.25) is 0 Å². The molecule has 1 nitrogen and oxygen atoms in total. The fraction of sp³-hybridized carbons (Fsp3) is 0.235. The van der Waals surface area contributed by atoms with Gasteiger partial charge in [0, 0.05) is 5.69 Å². The Morgan fingerprint density at radius 2 is 1.67 bits per heavy atom. The SMILES string of the molecule is C(=C\c1ccc2c(n1)CCCC2)/c1ccccc1. The summed E-state index contributed by atoms with van der Waals surface area (Å²) in [6, 6.07) is 14.7. The molecule has 1 aromatic carbocycles. The molecule has 0 fully saturated rings. The Labute approximate surface area is 108 Å². The van der Waals surface area contributed by atoms with Crippen molar-refractivity contribution in [2.45, 2.75) is 25.7 Å². The number of rotatable bonds is 2. The second-order valence-corrected chi connectivity index (χ2v) is 4.79. The highest BCUT2D eigenvalue weighted by molar-refractivity contribution is 5.68. The van der Waals surface area contributed by atoms with Crippen LogP contribution in [0.2, 0.25) is 0 Å². The maximum atomic E-state index is 4.74. The standard InChI is InChI=1S/C17H17N/c1-2-6-14(7-3-1)10-12-16-13-11-15-8-4-5-9-17(15)18-16/h1-3,6-7,10-13H,4-5,8-9H2/b12-10+. The first-order valence-electron chi connectivity index (χ1n) is 6.64. The molecule has 0 atom stereocenters. The van der Waals surface area contributed by atoms with E-state index in [1.807, 2.05) is 6.07 Å². The predicted molar refractivity (Wildman–Crippen MR) is 76.2 cm³/mol. The monoisotopic (exact) mass is 235 g/mol. The summed E-state index contributed by atoms with van der Waals surface area (Å²) in [5, 5.41) is 0. The molecule has 3 rings (SSSR count). The molecule has 2 aromatic rings. The van der Waals surface area contributed by atoms with Gasteiger partial charge in [-0.3, -0.25) is 4.98 Å². The molecular weight excluding hydrogens is 218 g/mol.